The molecule has 1 aromatic heterocycles. The quantitative estimate of drug-likeness (QED) is 0.279. The lowest BCUT2D eigenvalue weighted by molar-refractivity contribution is -0.131. The summed E-state index contributed by atoms with van der Waals surface area (Å²) in [6.45, 7) is 1.99. The fraction of sp³-hybridized carbons (Fsp3) is 0.115. The van der Waals surface area contributed by atoms with E-state index in [9.17, 15) is 14.4 Å². The van der Waals surface area contributed by atoms with Crippen molar-refractivity contribution in [1.82, 2.24) is 4.57 Å². The molecule has 1 heterocycles. The van der Waals surface area contributed by atoms with E-state index in [2.05, 4.69) is 5.32 Å². The molecule has 0 fully saturated rings. The number of aliphatic carboxylic acids is 1. The van der Waals surface area contributed by atoms with Crippen LogP contribution in [0, 0.1) is 0 Å². The van der Waals surface area contributed by atoms with E-state index in [1.807, 2.05) is 72.2 Å². The Kier molecular flexibility index (Phi) is 6.60. The molecule has 0 spiro atoms. The summed E-state index contributed by atoms with van der Waals surface area (Å²) in [6.07, 6.45) is 2.40. The van der Waals surface area contributed by atoms with Crippen molar-refractivity contribution in [3.63, 3.8) is 0 Å². The smallest absolute Gasteiger partial charge is 0.328 e. The topological polar surface area (TPSA) is 88.4 Å². The van der Waals surface area contributed by atoms with Crippen LogP contribution in [0.15, 0.2) is 89.8 Å². The van der Waals surface area contributed by atoms with Crippen molar-refractivity contribution in [2.24, 2.45) is 0 Å². The maximum Gasteiger partial charge on any atom is 0.328 e. The first-order valence-corrected chi connectivity index (χ1v) is 11.4. The minimum atomic E-state index is -1.18. The number of para-hydroxylation sites is 2. The molecule has 1 atom stereocenters. The van der Waals surface area contributed by atoms with Gasteiger partial charge in [-0.1, -0.05) is 43.3 Å². The number of anilines is 1. The van der Waals surface area contributed by atoms with E-state index >= 15 is 0 Å². The molecule has 166 valence electrons. The third-order valence-electron chi connectivity index (χ3n) is 5.22. The molecule has 1 unspecified atom stereocenters. The van der Waals surface area contributed by atoms with Crippen LogP contribution in [0.2, 0.25) is 0 Å². The van der Waals surface area contributed by atoms with Crippen molar-refractivity contribution in [2.45, 2.75) is 23.5 Å². The lowest BCUT2D eigenvalue weighted by Crippen LogP contribution is -2.23. The number of benzene rings is 3. The number of nitrogens with one attached hydrogen (secondary N) is 1. The van der Waals surface area contributed by atoms with E-state index < -0.39 is 11.9 Å². The highest BCUT2D eigenvalue weighted by Crippen LogP contribution is 2.33. The van der Waals surface area contributed by atoms with Gasteiger partial charge in [0.1, 0.15) is 0 Å². The normalized spacial score (nSPS) is 12.3. The molecular formula is C26H22N2O4S. The van der Waals surface area contributed by atoms with Gasteiger partial charge >= 0.3 is 5.97 Å². The largest absolute Gasteiger partial charge is 0.478 e. The molecule has 0 bridgehead atoms. The summed E-state index contributed by atoms with van der Waals surface area (Å²) in [5.41, 5.74) is 2.34. The van der Waals surface area contributed by atoms with E-state index in [-0.39, 0.29) is 11.2 Å². The van der Waals surface area contributed by atoms with E-state index in [1.165, 1.54) is 11.8 Å². The number of carbonyl (C=O) groups excluding carboxylic acids is 2. The maximum absolute atomic E-state index is 13.6. The summed E-state index contributed by atoms with van der Waals surface area (Å²) in [5.74, 6) is -1.68. The predicted octanol–water partition coefficient (Wildman–Crippen LogP) is 5.58. The van der Waals surface area contributed by atoms with Gasteiger partial charge in [0.25, 0.3) is 0 Å². The van der Waals surface area contributed by atoms with Gasteiger partial charge in [0.2, 0.25) is 11.8 Å². The van der Waals surface area contributed by atoms with E-state index in [4.69, 9.17) is 5.11 Å². The average Bonchev–Trinajstić information content (AvgIpc) is 3.16. The second-order valence-electron chi connectivity index (χ2n) is 7.41. The Morgan fingerprint density at radius 2 is 1.48 bits per heavy atom. The summed E-state index contributed by atoms with van der Waals surface area (Å²) in [4.78, 5) is 36.8. The van der Waals surface area contributed by atoms with Gasteiger partial charge in [-0.15, -0.1) is 11.8 Å². The summed E-state index contributed by atoms with van der Waals surface area (Å²) < 4.78 is 1.81. The Morgan fingerprint density at radius 1 is 0.909 bits per heavy atom. The Labute approximate surface area is 194 Å². The number of carboxylic acids is 1. The molecule has 3 aromatic carbocycles. The van der Waals surface area contributed by atoms with Gasteiger partial charge in [-0.2, -0.15) is 0 Å². The highest BCUT2D eigenvalue weighted by atomic mass is 32.2. The summed E-state index contributed by atoms with van der Waals surface area (Å²) in [5, 5.41) is 13.0. The Balaban J connectivity index is 1.56. The second-order valence-corrected chi connectivity index (χ2v) is 8.68. The van der Waals surface area contributed by atoms with Crippen molar-refractivity contribution in [3.8, 4) is 0 Å². The minimum Gasteiger partial charge on any atom is -0.478 e. The number of hydrogen-bond acceptors (Lipinski definition) is 4. The third kappa shape index (κ3) is 4.83. The standard InChI is InChI=1S/C26H22N2O4S/c1-2-23(33-18-13-11-17(12-14-18)27-24(29)15-16-25(30)31)26(32)28-21-9-5-3-7-19(21)20-8-4-6-10-22(20)28/h3-16,23H,2H2,1H3,(H,27,29)(H,30,31)/b16-15+. The van der Waals surface area contributed by atoms with Crippen LogP contribution in [-0.2, 0) is 9.59 Å². The zero-order chi connectivity index (χ0) is 23.4. The molecule has 0 saturated carbocycles. The van der Waals surface area contributed by atoms with Gasteiger partial charge in [0, 0.05) is 33.5 Å². The molecule has 0 aliphatic rings. The van der Waals surface area contributed by atoms with Crippen molar-refractivity contribution in [1.29, 1.82) is 0 Å². The average molecular weight is 459 g/mol. The van der Waals surface area contributed by atoms with Crippen LogP contribution in [0.5, 0.6) is 0 Å². The van der Waals surface area contributed by atoms with Gasteiger partial charge in [0.05, 0.1) is 16.3 Å². The van der Waals surface area contributed by atoms with Gasteiger partial charge in [-0.05, 0) is 42.8 Å². The highest BCUT2D eigenvalue weighted by molar-refractivity contribution is 8.00. The molecule has 0 radical (unpaired) electrons. The number of fused-ring (bicyclic) bond motifs is 3. The van der Waals surface area contributed by atoms with Crippen molar-refractivity contribution in [2.75, 3.05) is 5.32 Å². The number of carboxylic acid groups (broad SMARTS) is 1. The third-order valence-corrected chi connectivity index (χ3v) is 6.59. The van der Waals surface area contributed by atoms with Gasteiger partial charge in [-0.3, -0.25) is 14.2 Å². The van der Waals surface area contributed by atoms with Crippen LogP contribution in [0.25, 0.3) is 21.8 Å². The Morgan fingerprint density at radius 3 is 2.03 bits per heavy atom. The molecule has 6 nitrogen and oxygen atoms in total. The van der Waals surface area contributed by atoms with Crippen LogP contribution in [0.1, 0.15) is 18.1 Å². The van der Waals surface area contributed by atoms with Crippen LogP contribution < -0.4 is 5.32 Å². The number of rotatable bonds is 7. The Hall–Kier alpha value is -3.84. The van der Waals surface area contributed by atoms with Crippen molar-refractivity contribution < 1.29 is 19.5 Å². The molecule has 7 heteroatoms. The number of aromatic nitrogens is 1. The number of thioether (sulfide) groups is 1. The first-order valence-electron chi connectivity index (χ1n) is 10.5. The van der Waals surface area contributed by atoms with E-state index in [0.29, 0.717) is 12.1 Å². The molecule has 4 rings (SSSR count). The second kappa shape index (κ2) is 9.75. The fourth-order valence-corrected chi connectivity index (χ4v) is 4.72. The maximum atomic E-state index is 13.6. The number of amides is 1. The number of carbonyl (C=O) groups is 3. The summed E-state index contributed by atoms with van der Waals surface area (Å²) in [6, 6.07) is 23.0. The molecule has 1 amide bonds. The van der Waals surface area contributed by atoms with Crippen molar-refractivity contribution in [3.05, 3.63) is 84.9 Å². The summed E-state index contributed by atoms with van der Waals surface area (Å²) in [7, 11) is 0. The monoisotopic (exact) mass is 458 g/mol. The van der Waals surface area contributed by atoms with Gasteiger partial charge in [-0.25, -0.2) is 4.79 Å². The molecule has 0 aliphatic carbocycles. The zero-order valence-electron chi connectivity index (χ0n) is 17.9. The molecular weight excluding hydrogens is 436 g/mol. The van der Waals surface area contributed by atoms with E-state index in [0.717, 1.165) is 38.9 Å². The van der Waals surface area contributed by atoms with E-state index in [1.54, 1.807) is 12.1 Å². The fourth-order valence-electron chi connectivity index (χ4n) is 3.72. The molecule has 2 N–H and O–H groups in total. The first-order chi connectivity index (χ1) is 16.0. The van der Waals surface area contributed by atoms with Crippen molar-refractivity contribution >= 4 is 57.0 Å². The molecule has 0 saturated heterocycles. The minimum absolute atomic E-state index is 0.0242. The number of hydrogen-bond donors (Lipinski definition) is 2. The molecule has 4 aromatic rings. The van der Waals surface area contributed by atoms with Crippen LogP contribution in [0.4, 0.5) is 5.69 Å². The van der Waals surface area contributed by atoms with Gasteiger partial charge in [0.15, 0.2) is 0 Å². The number of nitrogens with zero attached hydrogens (tertiary/aromatic N) is 1. The summed E-state index contributed by atoms with van der Waals surface area (Å²) >= 11 is 1.48. The molecule has 33 heavy (non-hydrogen) atoms. The lowest BCUT2D eigenvalue weighted by Gasteiger charge is -2.16. The zero-order valence-corrected chi connectivity index (χ0v) is 18.7. The SMILES string of the molecule is CCC(Sc1ccc(NC(=O)/C=C/C(=O)O)cc1)C(=O)n1c2ccccc2c2ccccc21. The molecule has 0 aliphatic heterocycles. The Bertz CT molecular complexity index is 1320. The van der Waals surface area contributed by atoms with Gasteiger partial charge < -0.3 is 10.4 Å². The van der Waals surface area contributed by atoms with Crippen LogP contribution in [0.3, 0.4) is 0 Å². The van der Waals surface area contributed by atoms with Crippen LogP contribution >= 0.6 is 11.8 Å². The highest BCUT2D eigenvalue weighted by Gasteiger charge is 2.23. The lowest BCUT2D eigenvalue weighted by atomic mass is 10.2. The first kappa shape index (κ1) is 22.4. The van der Waals surface area contributed by atoms with Crippen LogP contribution in [-0.4, -0.2) is 32.7 Å². The predicted molar refractivity (Wildman–Crippen MR) is 132 cm³/mol.